The monoisotopic (exact) mass is 153 g/mol. The summed E-state index contributed by atoms with van der Waals surface area (Å²) in [6.07, 6.45) is 0. The number of aliphatic imine (C=N–C) groups is 1. The van der Waals surface area contributed by atoms with Crippen LogP contribution in [0.2, 0.25) is 0 Å². The van der Waals surface area contributed by atoms with Gasteiger partial charge in [-0.3, -0.25) is 0 Å². The van der Waals surface area contributed by atoms with E-state index in [4.69, 9.17) is 0 Å². The predicted molar refractivity (Wildman–Crippen MR) is 31.8 cm³/mol. The lowest BCUT2D eigenvalue weighted by atomic mass is 10.7. The summed E-state index contributed by atoms with van der Waals surface area (Å²) in [5.74, 6) is 0. The molecule has 5 heteroatoms. The minimum atomic E-state index is -2.72. The van der Waals surface area contributed by atoms with Crippen LogP contribution in [0.4, 0.5) is 8.78 Å². The molecule has 0 fully saturated rings. The second-order valence-corrected chi connectivity index (χ2v) is 1.29. The third-order valence-electron chi connectivity index (χ3n) is 0.511. The second-order valence-electron chi connectivity index (χ2n) is 1.10. The zero-order valence-electron chi connectivity index (χ0n) is 4.51. The van der Waals surface area contributed by atoms with Crippen LogP contribution < -0.4 is 0 Å². The fourth-order valence-corrected chi connectivity index (χ4v) is 0.324. The van der Waals surface area contributed by atoms with Gasteiger partial charge in [-0.05, 0) is 12.2 Å². The van der Waals surface area contributed by atoms with E-state index in [2.05, 4.69) is 21.9 Å². The third-order valence-corrected chi connectivity index (χ3v) is 0.641. The van der Waals surface area contributed by atoms with Crippen molar-refractivity contribution in [2.75, 3.05) is 13.2 Å². The van der Waals surface area contributed by atoms with Crippen molar-refractivity contribution in [2.45, 2.75) is 6.61 Å². The van der Waals surface area contributed by atoms with Gasteiger partial charge in [0.05, 0.1) is 18.3 Å². The molecule has 0 amide bonds. The minimum absolute atomic E-state index is 0.110. The van der Waals surface area contributed by atoms with Gasteiger partial charge in [-0.25, -0.2) is 4.99 Å². The van der Waals surface area contributed by atoms with E-state index in [9.17, 15) is 8.78 Å². The fourth-order valence-electron chi connectivity index (χ4n) is 0.233. The molecule has 0 aromatic heterocycles. The van der Waals surface area contributed by atoms with E-state index in [0.717, 1.165) is 0 Å². The quantitative estimate of drug-likeness (QED) is 0.345. The summed E-state index contributed by atoms with van der Waals surface area (Å²) in [5, 5.41) is 2.02. The second kappa shape index (κ2) is 5.75. The lowest BCUT2D eigenvalue weighted by Crippen LogP contribution is -2.02. The van der Waals surface area contributed by atoms with Crippen LogP contribution in [0.25, 0.3) is 0 Å². The van der Waals surface area contributed by atoms with Crippen LogP contribution >= 0.6 is 12.2 Å². The molecule has 52 valence electrons. The largest absolute Gasteiger partial charge is 0.345 e. The molecule has 2 nitrogen and oxygen atoms in total. The van der Waals surface area contributed by atoms with Crippen LogP contribution in [0.15, 0.2) is 4.99 Å². The number of hydrogen-bond acceptors (Lipinski definition) is 3. The number of rotatable bonds is 4. The van der Waals surface area contributed by atoms with Crippen molar-refractivity contribution in [1.29, 1.82) is 0 Å². The van der Waals surface area contributed by atoms with Crippen molar-refractivity contribution in [3.8, 4) is 0 Å². The predicted octanol–water partition coefficient (Wildman–Crippen LogP) is 1.33. The molecule has 0 aromatic rings. The van der Waals surface area contributed by atoms with Crippen LogP contribution in [0, 0.1) is 0 Å². The van der Waals surface area contributed by atoms with Crippen LogP contribution in [-0.4, -0.2) is 24.9 Å². The third kappa shape index (κ3) is 7.62. The van der Waals surface area contributed by atoms with E-state index in [-0.39, 0.29) is 13.2 Å². The Balaban J connectivity index is 3.00. The Bertz CT molecular complexity index is 113. The van der Waals surface area contributed by atoms with Gasteiger partial charge in [0, 0.05) is 0 Å². The van der Waals surface area contributed by atoms with Crippen molar-refractivity contribution in [3.63, 3.8) is 0 Å². The first-order chi connectivity index (χ1) is 4.27. The first-order valence-electron chi connectivity index (χ1n) is 2.20. The summed E-state index contributed by atoms with van der Waals surface area (Å²) in [5.41, 5.74) is 0. The number of halogens is 2. The fraction of sp³-hybridized carbons (Fsp3) is 0.750. The van der Waals surface area contributed by atoms with Gasteiger partial charge in [-0.2, -0.15) is 8.78 Å². The molecule has 0 aromatic carbocycles. The Labute approximate surface area is 56.5 Å². The summed E-state index contributed by atoms with van der Waals surface area (Å²) in [6, 6.07) is 0. The maximum atomic E-state index is 11.2. The molecule has 0 radical (unpaired) electrons. The molecule has 0 aliphatic heterocycles. The molecular weight excluding hydrogens is 148 g/mol. The van der Waals surface area contributed by atoms with E-state index >= 15 is 0 Å². The summed E-state index contributed by atoms with van der Waals surface area (Å²) in [6.45, 7) is -2.68. The Kier molecular flexibility index (Phi) is 5.51. The number of alkyl halides is 2. The summed E-state index contributed by atoms with van der Waals surface area (Å²) in [7, 11) is 0. The van der Waals surface area contributed by atoms with E-state index in [1.165, 1.54) is 0 Å². The standard InChI is InChI=1S/C4H5F2NOS/c5-4(6)8-2-1-7-3-9/h4H,1-2H2. The van der Waals surface area contributed by atoms with Crippen LogP contribution in [-0.2, 0) is 4.74 Å². The van der Waals surface area contributed by atoms with Crippen LogP contribution in [0.1, 0.15) is 0 Å². The summed E-state index contributed by atoms with van der Waals surface area (Å²) >= 11 is 4.17. The molecule has 0 spiro atoms. The SMILES string of the molecule is FC(F)OCCN=C=S. The average Bonchev–Trinajstić information content (AvgIpc) is 1.80. The van der Waals surface area contributed by atoms with E-state index in [1.54, 1.807) is 0 Å². The van der Waals surface area contributed by atoms with Crippen molar-refractivity contribution >= 4 is 17.4 Å². The number of nitrogens with zero attached hydrogens (tertiary/aromatic N) is 1. The highest BCUT2D eigenvalue weighted by Gasteiger charge is 1.97. The van der Waals surface area contributed by atoms with Crippen LogP contribution in [0.5, 0.6) is 0 Å². The van der Waals surface area contributed by atoms with Crippen molar-refractivity contribution in [3.05, 3.63) is 0 Å². The first-order valence-corrected chi connectivity index (χ1v) is 2.61. The highest BCUT2D eigenvalue weighted by molar-refractivity contribution is 7.78. The molecule has 0 saturated carbocycles. The van der Waals surface area contributed by atoms with Gasteiger partial charge >= 0.3 is 6.61 Å². The van der Waals surface area contributed by atoms with E-state index < -0.39 is 6.61 Å². The highest BCUT2D eigenvalue weighted by atomic mass is 32.1. The van der Waals surface area contributed by atoms with E-state index in [1.807, 2.05) is 5.16 Å². The molecule has 0 saturated heterocycles. The first kappa shape index (κ1) is 8.62. The zero-order valence-corrected chi connectivity index (χ0v) is 5.33. The maximum Gasteiger partial charge on any atom is 0.345 e. The lowest BCUT2D eigenvalue weighted by Gasteiger charge is -1.95. The molecule has 0 N–H and O–H groups in total. The topological polar surface area (TPSA) is 21.6 Å². The molecule has 0 atom stereocenters. The summed E-state index contributed by atoms with van der Waals surface area (Å²) < 4.78 is 26.1. The van der Waals surface area contributed by atoms with Gasteiger partial charge in [0.2, 0.25) is 0 Å². The molecule has 0 aliphatic rings. The molecular formula is C4H5F2NOS. The summed E-state index contributed by atoms with van der Waals surface area (Å²) in [4.78, 5) is 3.35. The smallest absolute Gasteiger partial charge is 0.321 e. The lowest BCUT2D eigenvalue weighted by molar-refractivity contribution is -0.125. The molecule has 0 aliphatic carbocycles. The highest BCUT2D eigenvalue weighted by Crippen LogP contribution is 1.92. The minimum Gasteiger partial charge on any atom is -0.321 e. The molecule has 0 unspecified atom stereocenters. The maximum absolute atomic E-state index is 11.2. The van der Waals surface area contributed by atoms with Crippen molar-refractivity contribution < 1.29 is 13.5 Å². The van der Waals surface area contributed by atoms with Gasteiger partial charge in [0.1, 0.15) is 0 Å². The van der Waals surface area contributed by atoms with Gasteiger partial charge < -0.3 is 4.74 Å². The Hall–Kier alpha value is -0.380. The zero-order chi connectivity index (χ0) is 7.11. The number of isothiocyanates is 1. The average molecular weight is 153 g/mol. The van der Waals surface area contributed by atoms with Crippen molar-refractivity contribution in [2.24, 2.45) is 4.99 Å². The van der Waals surface area contributed by atoms with Gasteiger partial charge in [0.15, 0.2) is 0 Å². The molecule has 0 bridgehead atoms. The molecule has 0 rings (SSSR count). The number of ether oxygens (including phenoxy) is 1. The molecule has 9 heavy (non-hydrogen) atoms. The Morgan fingerprint density at radius 2 is 2.33 bits per heavy atom. The van der Waals surface area contributed by atoms with Gasteiger partial charge in [0.25, 0.3) is 0 Å². The Morgan fingerprint density at radius 3 is 2.78 bits per heavy atom. The van der Waals surface area contributed by atoms with Crippen LogP contribution in [0.3, 0.4) is 0 Å². The van der Waals surface area contributed by atoms with Gasteiger partial charge in [-0.15, -0.1) is 0 Å². The van der Waals surface area contributed by atoms with Crippen molar-refractivity contribution in [1.82, 2.24) is 0 Å². The van der Waals surface area contributed by atoms with Gasteiger partial charge in [-0.1, -0.05) is 0 Å². The number of hydrogen-bond donors (Lipinski definition) is 0. The molecule has 0 heterocycles. The Morgan fingerprint density at radius 1 is 1.67 bits per heavy atom. The number of thiocarbonyl (C=S) groups is 1. The normalized spacial score (nSPS) is 9.22. The van der Waals surface area contributed by atoms with E-state index in [0.29, 0.717) is 0 Å².